The van der Waals surface area contributed by atoms with Gasteiger partial charge in [-0.15, -0.1) is 0 Å². The van der Waals surface area contributed by atoms with E-state index in [0.29, 0.717) is 5.02 Å². The van der Waals surface area contributed by atoms with E-state index >= 15 is 0 Å². The molecular formula is C27H28ClNO. The number of anilines is 2. The highest BCUT2D eigenvalue weighted by atomic mass is 35.5. The second-order valence-electron chi connectivity index (χ2n) is 9.52. The Hall–Kier alpha value is -2.58. The zero-order chi connectivity index (χ0) is 21.8. The van der Waals surface area contributed by atoms with E-state index in [-0.39, 0.29) is 11.3 Å². The van der Waals surface area contributed by atoms with Gasteiger partial charge >= 0.3 is 0 Å². The lowest BCUT2D eigenvalue weighted by Gasteiger charge is -2.27. The summed E-state index contributed by atoms with van der Waals surface area (Å²) in [6.45, 7) is 12.8. The molecule has 0 N–H and O–H groups in total. The molecule has 1 heterocycles. The van der Waals surface area contributed by atoms with Gasteiger partial charge in [0.1, 0.15) is 0 Å². The fourth-order valence-corrected chi connectivity index (χ4v) is 4.43. The lowest BCUT2D eigenvalue weighted by Crippen LogP contribution is -2.36. The smallest absolute Gasteiger partial charge is 0.246 e. The van der Waals surface area contributed by atoms with Gasteiger partial charge in [0.2, 0.25) is 5.91 Å². The number of benzene rings is 3. The van der Waals surface area contributed by atoms with Crippen LogP contribution in [0.1, 0.15) is 55.5 Å². The number of fused-ring (bicyclic) bond motifs is 1. The summed E-state index contributed by atoms with van der Waals surface area (Å²) in [6.07, 6.45) is 0. The van der Waals surface area contributed by atoms with Crippen molar-refractivity contribution in [2.75, 3.05) is 4.90 Å². The maximum Gasteiger partial charge on any atom is 0.246 e. The SMILES string of the molecule is Cc1ccc(N2C(=O)[C@@](C)(c3ccc(C(C)(C)C)cc3)c3cc(Cl)ccc32)cc1C. The van der Waals surface area contributed by atoms with Gasteiger partial charge in [0.15, 0.2) is 0 Å². The topological polar surface area (TPSA) is 20.3 Å². The predicted octanol–water partition coefficient (Wildman–Crippen LogP) is 7.24. The molecule has 2 nitrogen and oxygen atoms in total. The Morgan fingerprint density at radius 1 is 0.867 bits per heavy atom. The molecule has 1 amide bonds. The van der Waals surface area contributed by atoms with E-state index < -0.39 is 5.41 Å². The number of hydrogen-bond donors (Lipinski definition) is 0. The lowest BCUT2D eigenvalue weighted by molar-refractivity contribution is -0.120. The molecule has 3 aromatic carbocycles. The van der Waals surface area contributed by atoms with Crippen LogP contribution in [0, 0.1) is 13.8 Å². The van der Waals surface area contributed by atoms with Crippen LogP contribution in [0.15, 0.2) is 60.7 Å². The van der Waals surface area contributed by atoms with Crippen LogP contribution < -0.4 is 4.90 Å². The molecule has 0 aliphatic carbocycles. The molecule has 0 saturated carbocycles. The largest absolute Gasteiger partial charge is 0.280 e. The summed E-state index contributed by atoms with van der Waals surface area (Å²) in [6, 6.07) is 20.4. The maximum atomic E-state index is 14.0. The van der Waals surface area contributed by atoms with Crippen molar-refractivity contribution < 1.29 is 4.79 Å². The van der Waals surface area contributed by atoms with Gasteiger partial charge in [0.05, 0.1) is 11.1 Å². The molecule has 0 fully saturated rings. The average Bonchev–Trinajstić information content (AvgIpc) is 2.92. The van der Waals surface area contributed by atoms with Gasteiger partial charge in [0.25, 0.3) is 0 Å². The molecule has 3 heteroatoms. The predicted molar refractivity (Wildman–Crippen MR) is 126 cm³/mol. The van der Waals surface area contributed by atoms with Crippen molar-refractivity contribution in [3.05, 3.63) is 93.5 Å². The van der Waals surface area contributed by atoms with Crippen LogP contribution in [-0.2, 0) is 15.6 Å². The molecule has 4 rings (SSSR count). The molecule has 0 spiro atoms. The van der Waals surface area contributed by atoms with Crippen molar-refractivity contribution in [3.63, 3.8) is 0 Å². The first-order valence-electron chi connectivity index (χ1n) is 10.4. The Balaban J connectivity index is 1.90. The van der Waals surface area contributed by atoms with E-state index in [1.54, 1.807) is 0 Å². The number of carbonyl (C=O) groups excluding carboxylic acids is 1. The number of aryl methyl sites for hydroxylation is 2. The molecule has 0 unspecified atom stereocenters. The first-order valence-corrected chi connectivity index (χ1v) is 10.7. The number of amides is 1. The summed E-state index contributed by atoms with van der Waals surface area (Å²) in [7, 11) is 0. The fourth-order valence-electron chi connectivity index (χ4n) is 4.26. The number of nitrogens with zero attached hydrogens (tertiary/aromatic N) is 1. The second-order valence-corrected chi connectivity index (χ2v) is 9.96. The Labute approximate surface area is 184 Å². The van der Waals surface area contributed by atoms with Gasteiger partial charge in [-0.05, 0) is 84.3 Å². The van der Waals surface area contributed by atoms with Crippen molar-refractivity contribution in [1.82, 2.24) is 0 Å². The highest BCUT2D eigenvalue weighted by Gasteiger charge is 2.49. The lowest BCUT2D eigenvalue weighted by atomic mass is 9.76. The molecule has 3 aromatic rings. The highest BCUT2D eigenvalue weighted by Crippen LogP contribution is 2.50. The summed E-state index contributed by atoms with van der Waals surface area (Å²) in [5.74, 6) is 0.0477. The zero-order valence-corrected chi connectivity index (χ0v) is 19.3. The van der Waals surface area contributed by atoms with Crippen molar-refractivity contribution >= 4 is 28.9 Å². The molecule has 1 aliphatic heterocycles. The molecule has 1 aliphatic rings. The molecule has 0 bridgehead atoms. The Bertz CT molecular complexity index is 1140. The van der Waals surface area contributed by atoms with Crippen LogP contribution in [-0.4, -0.2) is 5.91 Å². The van der Waals surface area contributed by atoms with Crippen LogP contribution >= 0.6 is 11.6 Å². The average molecular weight is 418 g/mol. The van der Waals surface area contributed by atoms with Gasteiger partial charge < -0.3 is 0 Å². The Morgan fingerprint density at radius 2 is 1.53 bits per heavy atom. The van der Waals surface area contributed by atoms with E-state index in [1.807, 2.05) is 36.1 Å². The summed E-state index contributed by atoms with van der Waals surface area (Å²) < 4.78 is 0. The monoisotopic (exact) mass is 417 g/mol. The summed E-state index contributed by atoms with van der Waals surface area (Å²) >= 11 is 6.38. The van der Waals surface area contributed by atoms with Crippen molar-refractivity contribution in [3.8, 4) is 0 Å². The van der Waals surface area contributed by atoms with Gasteiger partial charge in [-0.1, -0.05) is 62.7 Å². The third kappa shape index (κ3) is 3.15. The Morgan fingerprint density at radius 3 is 2.13 bits per heavy atom. The quantitative estimate of drug-likeness (QED) is 0.430. The standard InChI is InChI=1S/C27H28ClNO/c1-17-7-13-22(15-18(17)2)29-24-14-12-21(28)16-23(24)27(6,25(29)30)20-10-8-19(9-11-20)26(3,4)5/h7-16H,1-6H3/t27-/m0/s1. The van der Waals surface area contributed by atoms with Crippen molar-refractivity contribution in [1.29, 1.82) is 0 Å². The molecular weight excluding hydrogens is 390 g/mol. The molecule has 0 aromatic heterocycles. The van der Waals surface area contributed by atoms with Crippen LogP contribution in [0.3, 0.4) is 0 Å². The zero-order valence-electron chi connectivity index (χ0n) is 18.5. The van der Waals surface area contributed by atoms with E-state index in [4.69, 9.17) is 11.6 Å². The summed E-state index contributed by atoms with van der Waals surface area (Å²) in [5.41, 5.74) is 6.61. The highest BCUT2D eigenvalue weighted by molar-refractivity contribution is 6.31. The van der Waals surface area contributed by atoms with Gasteiger partial charge in [-0.3, -0.25) is 9.69 Å². The number of halogens is 1. The third-order valence-electron chi connectivity index (χ3n) is 6.45. The van der Waals surface area contributed by atoms with Crippen LogP contribution in [0.2, 0.25) is 5.02 Å². The minimum absolute atomic E-state index is 0.0477. The first-order chi connectivity index (χ1) is 14.0. The van der Waals surface area contributed by atoms with Crippen LogP contribution in [0.4, 0.5) is 11.4 Å². The summed E-state index contributed by atoms with van der Waals surface area (Å²) in [4.78, 5) is 15.8. The normalized spacial score (nSPS) is 18.6. The van der Waals surface area contributed by atoms with Gasteiger partial charge in [0, 0.05) is 10.7 Å². The molecule has 1 atom stereocenters. The third-order valence-corrected chi connectivity index (χ3v) is 6.68. The van der Waals surface area contributed by atoms with Crippen molar-refractivity contribution in [2.45, 2.75) is 52.4 Å². The summed E-state index contributed by atoms with van der Waals surface area (Å²) in [5, 5.41) is 0.640. The maximum absolute atomic E-state index is 14.0. The van der Waals surface area contributed by atoms with E-state index in [9.17, 15) is 4.79 Å². The second kappa shape index (κ2) is 6.99. The van der Waals surface area contributed by atoms with Gasteiger partial charge in [-0.25, -0.2) is 0 Å². The van der Waals surface area contributed by atoms with E-state index in [1.165, 1.54) is 16.7 Å². The minimum Gasteiger partial charge on any atom is -0.280 e. The molecule has 0 saturated heterocycles. The van der Waals surface area contributed by atoms with E-state index in [0.717, 1.165) is 22.5 Å². The van der Waals surface area contributed by atoms with E-state index in [2.05, 4.69) is 71.0 Å². The molecule has 0 radical (unpaired) electrons. The minimum atomic E-state index is -0.796. The molecule has 154 valence electrons. The fraction of sp³-hybridized carbons (Fsp3) is 0.296. The Kier molecular flexibility index (Phi) is 4.82. The molecule has 30 heavy (non-hydrogen) atoms. The first kappa shape index (κ1) is 20.7. The number of rotatable bonds is 2. The number of carbonyl (C=O) groups is 1. The van der Waals surface area contributed by atoms with Crippen LogP contribution in [0.25, 0.3) is 0 Å². The number of hydrogen-bond acceptors (Lipinski definition) is 1. The van der Waals surface area contributed by atoms with Gasteiger partial charge in [-0.2, -0.15) is 0 Å². The van der Waals surface area contributed by atoms with Crippen molar-refractivity contribution in [2.24, 2.45) is 0 Å². The van der Waals surface area contributed by atoms with Crippen LogP contribution in [0.5, 0.6) is 0 Å².